The molecular weight excluding hydrogens is 427 g/mol. The van der Waals surface area contributed by atoms with E-state index < -0.39 is 12.1 Å². The van der Waals surface area contributed by atoms with Gasteiger partial charge in [0.25, 0.3) is 5.91 Å². The third-order valence-electron chi connectivity index (χ3n) is 4.06. The molecule has 0 fully saturated rings. The fraction of sp³-hybridized carbons (Fsp3) is 0.238. The summed E-state index contributed by atoms with van der Waals surface area (Å²) < 4.78 is 31.7. The summed E-state index contributed by atoms with van der Waals surface area (Å²) in [6.45, 7) is 2.74. The average Bonchev–Trinajstić information content (AvgIpc) is 2.74. The second kappa shape index (κ2) is 10.4. The molecule has 0 saturated heterocycles. The van der Waals surface area contributed by atoms with Gasteiger partial charge in [0.15, 0.2) is 0 Å². The van der Waals surface area contributed by atoms with Crippen LogP contribution < -0.4 is 15.5 Å². The number of nitrogens with zero attached hydrogens (tertiary/aromatic N) is 3. The molecule has 0 aliphatic carbocycles. The van der Waals surface area contributed by atoms with Crippen LogP contribution in [-0.2, 0) is 4.79 Å². The second-order valence-corrected chi connectivity index (χ2v) is 6.64. The molecule has 0 spiro atoms. The fourth-order valence-electron chi connectivity index (χ4n) is 2.52. The van der Waals surface area contributed by atoms with E-state index in [4.69, 9.17) is 9.90 Å². The van der Waals surface area contributed by atoms with Gasteiger partial charge < -0.3 is 15.3 Å². The summed E-state index contributed by atoms with van der Waals surface area (Å²) in [5.41, 5.74) is 2.38. The number of amides is 1. The molecular formula is C21H22F3N5O3. The first-order chi connectivity index (χ1) is 15.0. The van der Waals surface area contributed by atoms with Crippen molar-refractivity contribution < 1.29 is 27.9 Å². The van der Waals surface area contributed by atoms with Gasteiger partial charge in [0.05, 0.1) is 5.52 Å². The number of anilines is 3. The quantitative estimate of drug-likeness (QED) is 0.540. The number of aromatic nitrogens is 2. The Hall–Kier alpha value is -3.89. The second-order valence-electron chi connectivity index (χ2n) is 6.64. The topological polar surface area (TPSA) is 107 Å². The Balaban J connectivity index is 0.000000451. The number of carbonyl (C=O) groups excluding carboxylic acids is 1. The first-order valence-corrected chi connectivity index (χ1v) is 9.42. The zero-order chi connectivity index (χ0) is 23.9. The van der Waals surface area contributed by atoms with Gasteiger partial charge in [0.2, 0.25) is 5.95 Å². The summed E-state index contributed by atoms with van der Waals surface area (Å²) in [6.07, 6.45) is -5.08. The first-order valence-electron chi connectivity index (χ1n) is 9.42. The van der Waals surface area contributed by atoms with E-state index in [0.717, 1.165) is 23.1 Å². The van der Waals surface area contributed by atoms with Gasteiger partial charge in [-0.15, -0.1) is 0 Å². The number of rotatable bonds is 5. The summed E-state index contributed by atoms with van der Waals surface area (Å²) in [5, 5.41) is 14.1. The number of carboxylic acid groups (broad SMARTS) is 1. The van der Waals surface area contributed by atoms with Crippen molar-refractivity contribution in [3.05, 3.63) is 54.1 Å². The van der Waals surface area contributed by atoms with Crippen molar-refractivity contribution in [3.8, 4) is 0 Å². The van der Waals surface area contributed by atoms with E-state index in [-0.39, 0.29) is 11.9 Å². The molecule has 0 atom stereocenters. The van der Waals surface area contributed by atoms with Gasteiger partial charge in [0.1, 0.15) is 5.82 Å². The highest BCUT2D eigenvalue weighted by Crippen LogP contribution is 2.22. The lowest BCUT2D eigenvalue weighted by atomic mass is 10.2. The molecule has 170 valence electrons. The number of aliphatic carboxylic acids is 1. The zero-order valence-corrected chi connectivity index (χ0v) is 17.6. The van der Waals surface area contributed by atoms with Crippen LogP contribution >= 0.6 is 0 Å². The van der Waals surface area contributed by atoms with E-state index in [1.165, 1.54) is 0 Å². The summed E-state index contributed by atoms with van der Waals surface area (Å²) >= 11 is 0. The first kappa shape index (κ1) is 24.4. The number of halogens is 3. The van der Waals surface area contributed by atoms with Gasteiger partial charge >= 0.3 is 12.1 Å². The lowest BCUT2D eigenvalue weighted by molar-refractivity contribution is -0.192. The highest BCUT2D eigenvalue weighted by molar-refractivity contribution is 6.04. The Morgan fingerprint density at radius 3 is 2.16 bits per heavy atom. The van der Waals surface area contributed by atoms with Crippen LogP contribution in [0.25, 0.3) is 10.9 Å². The third-order valence-corrected chi connectivity index (χ3v) is 4.06. The zero-order valence-electron chi connectivity index (χ0n) is 17.6. The summed E-state index contributed by atoms with van der Waals surface area (Å²) in [4.78, 5) is 32.2. The van der Waals surface area contributed by atoms with Gasteiger partial charge in [-0.25, -0.2) is 9.78 Å². The van der Waals surface area contributed by atoms with Crippen LogP contribution in [0.4, 0.5) is 30.6 Å². The van der Waals surface area contributed by atoms with Crippen molar-refractivity contribution in [2.24, 2.45) is 0 Å². The number of fused-ring (bicyclic) bond motifs is 1. The summed E-state index contributed by atoms with van der Waals surface area (Å²) in [6, 6.07) is 15.1. The van der Waals surface area contributed by atoms with Gasteiger partial charge in [-0.2, -0.15) is 18.2 Å². The van der Waals surface area contributed by atoms with E-state index in [1.54, 1.807) is 12.1 Å². The SMILES string of the molecule is CCNc1nc(NC(=O)c2ccc(N(C)C)cc2)nc2ccccc12.O=C(O)C(F)(F)F. The number of carboxylic acids is 1. The van der Waals surface area contributed by atoms with Crippen molar-refractivity contribution >= 4 is 40.2 Å². The third kappa shape index (κ3) is 6.56. The molecule has 0 unspecified atom stereocenters. The highest BCUT2D eigenvalue weighted by atomic mass is 19.4. The van der Waals surface area contributed by atoms with Crippen LogP contribution in [0, 0.1) is 0 Å². The standard InChI is InChI=1S/C19H21N5O.C2HF3O2/c1-4-20-17-15-7-5-6-8-16(15)21-19(22-17)23-18(25)13-9-11-14(12-10-13)24(2)3;3-2(4,5)1(6)7/h5-12H,4H2,1-3H3,(H2,20,21,22,23,25);(H,6,7). The van der Waals surface area contributed by atoms with Gasteiger partial charge in [0, 0.05) is 37.3 Å². The van der Waals surface area contributed by atoms with Gasteiger partial charge in [-0.05, 0) is 43.3 Å². The van der Waals surface area contributed by atoms with Crippen LogP contribution in [0.5, 0.6) is 0 Å². The van der Waals surface area contributed by atoms with E-state index in [9.17, 15) is 18.0 Å². The lowest BCUT2D eigenvalue weighted by Crippen LogP contribution is -2.21. The van der Waals surface area contributed by atoms with Crippen LogP contribution in [0.3, 0.4) is 0 Å². The van der Waals surface area contributed by atoms with Crippen molar-refractivity contribution in [3.63, 3.8) is 0 Å². The molecule has 3 N–H and O–H groups in total. The van der Waals surface area contributed by atoms with E-state index in [0.29, 0.717) is 11.4 Å². The molecule has 2 aromatic carbocycles. The minimum Gasteiger partial charge on any atom is -0.475 e. The Bertz CT molecular complexity index is 1090. The van der Waals surface area contributed by atoms with E-state index in [2.05, 4.69) is 20.6 Å². The number of hydrogen-bond acceptors (Lipinski definition) is 6. The number of hydrogen-bond donors (Lipinski definition) is 3. The predicted molar refractivity (Wildman–Crippen MR) is 116 cm³/mol. The Morgan fingerprint density at radius 2 is 1.62 bits per heavy atom. The maximum absolute atomic E-state index is 12.5. The number of benzene rings is 2. The van der Waals surface area contributed by atoms with E-state index in [1.807, 2.05) is 62.3 Å². The molecule has 0 radical (unpaired) electrons. The van der Waals surface area contributed by atoms with Crippen LogP contribution in [-0.4, -0.2) is 53.8 Å². The van der Waals surface area contributed by atoms with Crippen LogP contribution in [0.2, 0.25) is 0 Å². The van der Waals surface area contributed by atoms with Gasteiger partial charge in [-0.3, -0.25) is 10.1 Å². The normalized spacial score (nSPS) is 10.7. The minimum absolute atomic E-state index is 0.233. The number of nitrogens with one attached hydrogen (secondary N) is 2. The Morgan fingerprint density at radius 1 is 1.03 bits per heavy atom. The number of para-hydroxylation sites is 1. The largest absolute Gasteiger partial charge is 0.490 e. The van der Waals surface area contributed by atoms with Crippen molar-refractivity contribution in [1.82, 2.24) is 9.97 Å². The molecule has 32 heavy (non-hydrogen) atoms. The van der Waals surface area contributed by atoms with Gasteiger partial charge in [-0.1, -0.05) is 12.1 Å². The smallest absolute Gasteiger partial charge is 0.475 e. The number of alkyl halides is 3. The van der Waals surface area contributed by atoms with E-state index >= 15 is 0 Å². The molecule has 11 heteroatoms. The monoisotopic (exact) mass is 449 g/mol. The molecule has 3 rings (SSSR count). The Labute approximate surface area is 182 Å². The molecule has 1 aromatic heterocycles. The van der Waals surface area contributed by atoms with Crippen molar-refractivity contribution in [1.29, 1.82) is 0 Å². The lowest BCUT2D eigenvalue weighted by Gasteiger charge is -2.13. The Kier molecular flexibility index (Phi) is 7.94. The van der Waals surface area contributed by atoms with Crippen LogP contribution in [0.1, 0.15) is 17.3 Å². The maximum atomic E-state index is 12.5. The summed E-state index contributed by atoms with van der Waals surface area (Å²) in [7, 11) is 3.92. The molecule has 1 amide bonds. The molecule has 0 saturated carbocycles. The fourth-order valence-corrected chi connectivity index (χ4v) is 2.52. The number of carbonyl (C=O) groups is 2. The highest BCUT2D eigenvalue weighted by Gasteiger charge is 2.38. The van der Waals surface area contributed by atoms with Crippen molar-refractivity contribution in [2.75, 3.05) is 36.2 Å². The average molecular weight is 449 g/mol. The maximum Gasteiger partial charge on any atom is 0.490 e. The van der Waals surface area contributed by atoms with Crippen molar-refractivity contribution in [2.45, 2.75) is 13.1 Å². The molecule has 0 bridgehead atoms. The minimum atomic E-state index is -5.08. The predicted octanol–water partition coefficient (Wildman–Crippen LogP) is 4.01. The molecule has 0 aliphatic heterocycles. The molecule has 0 aliphatic rings. The molecule has 1 heterocycles. The van der Waals surface area contributed by atoms with Crippen LogP contribution in [0.15, 0.2) is 48.5 Å². The molecule has 8 nitrogen and oxygen atoms in total. The molecule has 3 aromatic rings. The summed E-state index contributed by atoms with van der Waals surface area (Å²) in [5.74, 6) is -1.99.